The van der Waals surface area contributed by atoms with Gasteiger partial charge < -0.3 is 16.0 Å². The maximum absolute atomic E-state index is 12.2. The number of ketones is 1. The molecule has 6 nitrogen and oxygen atoms in total. The van der Waals surface area contributed by atoms with Gasteiger partial charge >= 0.3 is 6.03 Å². The number of hydrogen-bond acceptors (Lipinski definition) is 4. The third kappa shape index (κ3) is 17.2. The van der Waals surface area contributed by atoms with Crippen LogP contribution in [0.4, 0.5) is 4.79 Å². The second kappa shape index (κ2) is 23.7. The van der Waals surface area contributed by atoms with E-state index in [1.54, 1.807) is 0 Å². The molecule has 7 heteroatoms. The van der Waals surface area contributed by atoms with E-state index in [1.807, 2.05) is 11.8 Å². The molecule has 0 aromatic rings. The molecule has 232 valence electrons. The van der Waals surface area contributed by atoms with Crippen molar-refractivity contribution in [1.82, 2.24) is 16.0 Å². The standard InChI is InChI=1S/C35H53N3O3S/c1-2-3-4-5-6-7-8-9-10-11-12-13-14-15-16-17-18-19-20-27-33(40)36-28-23-25-30(39)24-21-22-26-32-34-31(29-42-32)37-35(41)38-34/h3-4,6-7,9-10,12-13,15-16,18-19,31-32,34H,2,5,8,11,14,17,20-29H2,1H3,(H,36,40)(H2,37,38,41)/b4-3-,7-6-,10-9-,13-12-,16-15-,19-18-/t31-,32-,34-/m0/s1. The number of amides is 3. The van der Waals surface area contributed by atoms with Gasteiger partial charge in [-0.1, -0.05) is 86.3 Å². The minimum atomic E-state index is -0.0497. The molecule has 0 aromatic heterocycles. The van der Waals surface area contributed by atoms with Gasteiger partial charge in [0.25, 0.3) is 0 Å². The normalized spacial score (nSPS) is 20.6. The monoisotopic (exact) mass is 595 g/mol. The first kappa shape index (κ1) is 35.4. The van der Waals surface area contributed by atoms with Crippen LogP contribution in [0, 0.1) is 0 Å². The summed E-state index contributed by atoms with van der Waals surface area (Å²) in [4.78, 5) is 35.6. The van der Waals surface area contributed by atoms with Crippen molar-refractivity contribution in [1.29, 1.82) is 0 Å². The summed E-state index contributed by atoms with van der Waals surface area (Å²) in [5.41, 5.74) is 0. The molecule has 2 rings (SSSR count). The van der Waals surface area contributed by atoms with Gasteiger partial charge in [0.05, 0.1) is 12.1 Å². The van der Waals surface area contributed by atoms with E-state index in [0.29, 0.717) is 37.5 Å². The molecule has 0 aromatic carbocycles. The number of hydrogen-bond donors (Lipinski definition) is 3. The van der Waals surface area contributed by atoms with Crippen molar-refractivity contribution in [2.24, 2.45) is 0 Å². The molecular formula is C35H53N3O3S. The maximum atomic E-state index is 12.2. The highest BCUT2D eigenvalue weighted by Gasteiger charge is 2.42. The Labute approximate surface area is 258 Å². The van der Waals surface area contributed by atoms with Gasteiger partial charge in [-0.3, -0.25) is 9.59 Å². The molecule has 2 aliphatic rings. The molecule has 2 saturated heterocycles. The van der Waals surface area contributed by atoms with Gasteiger partial charge in [0.1, 0.15) is 5.78 Å². The van der Waals surface area contributed by atoms with Gasteiger partial charge in [-0.15, -0.1) is 0 Å². The fraction of sp³-hybridized carbons (Fsp3) is 0.571. The zero-order valence-corrected chi connectivity index (χ0v) is 26.4. The number of rotatable bonds is 23. The Kier molecular flexibility index (Phi) is 20.0. The number of allylic oxidation sites excluding steroid dienone is 12. The van der Waals surface area contributed by atoms with Gasteiger partial charge in [-0.2, -0.15) is 11.8 Å². The lowest BCUT2D eigenvalue weighted by Crippen LogP contribution is -2.36. The van der Waals surface area contributed by atoms with E-state index in [9.17, 15) is 14.4 Å². The minimum absolute atomic E-state index is 0.0443. The molecule has 2 aliphatic heterocycles. The Hall–Kier alpha value is -2.80. The van der Waals surface area contributed by atoms with Crippen LogP contribution in [0.5, 0.6) is 0 Å². The molecule has 3 amide bonds. The fourth-order valence-corrected chi connectivity index (χ4v) is 6.44. The summed E-state index contributed by atoms with van der Waals surface area (Å²) < 4.78 is 0. The van der Waals surface area contributed by atoms with Crippen LogP contribution in [0.15, 0.2) is 72.9 Å². The van der Waals surface area contributed by atoms with Gasteiger partial charge in [-0.05, 0) is 64.2 Å². The summed E-state index contributed by atoms with van der Waals surface area (Å²) in [6.45, 7) is 2.71. The van der Waals surface area contributed by atoms with Gasteiger partial charge in [0.15, 0.2) is 0 Å². The number of carbonyl (C=O) groups is 3. The van der Waals surface area contributed by atoms with E-state index in [2.05, 4.69) is 95.8 Å². The maximum Gasteiger partial charge on any atom is 0.315 e. The Morgan fingerprint density at radius 1 is 0.762 bits per heavy atom. The van der Waals surface area contributed by atoms with Crippen LogP contribution < -0.4 is 16.0 Å². The lowest BCUT2D eigenvalue weighted by atomic mass is 10.0. The molecule has 0 aliphatic carbocycles. The lowest BCUT2D eigenvalue weighted by Gasteiger charge is -2.16. The van der Waals surface area contributed by atoms with Crippen molar-refractivity contribution >= 4 is 29.5 Å². The van der Waals surface area contributed by atoms with Crippen molar-refractivity contribution in [3.05, 3.63) is 72.9 Å². The number of thioether (sulfide) groups is 1. The van der Waals surface area contributed by atoms with E-state index < -0.39 is 0 Å². The molecular weight excluding hydrogens is 542 g/mol. The summed E-state index contributed by atoms with van der Waals surface area (Å²) in [5, 5.41) is 9.36. The number of nitrogens with one attached hydrogen (secondary N) is 3. The molecule has 2 fully saturated rings. The molecule has 3 N–H and O–H groups in total. The third-order valence-corrected chi connectivity index (χ3v) is 8.73. The molecule has 0 bridgehead atoms. The number of fused-ring (bicyclic) bond motifs is 1. The first-order valence-electron chi connectivity index (χ1n) is 16.0. The van der Waals surface area contributed by atoms with Crippen LogP contribution in [0.3, 0.4) is 0 Å². The number of carbonyl (C=O) groups excluding carboxylic acids is 3. The zero-order chi connectivity index (χ0) is 30.1. The first-order valence-corrected chi connectivity index (χ1v) is 17.0. The molecule has 3 atom stereocenters. The Bertz CT molecular complexity index is 967. The predicted molar refractivity (Wildman–Crippen MR) is 179 cm³/mol. The predicted octanol–water partition coefficient (Wildman–Crippen LogP) is 7.66. The van der Waals surface area contributed by atoms with Crippen LogP contribution in [0.1, 0.15) is 96.8 Å². The topological polar surface area (TPSA) is 87.3 Å². The highest BCUT2D eigenvalue weighted by Crippen LogP contribution is 2.33. The van der Waals surface area contributed by atoms with Crippen molar-refractivity contribution in [2.75, 3.05) is 12.3 Å². The average Bonchev–Trinajstić information content (AvgIpc) is 3.53. The van der Waals surface area contributed by atoms with Crippen molar-refractivity contribution < 1.29 is 14.4 Å². The SMILES string of the molecule is CC/C=C\C/C=C\C/C=C\C/C=C\C/C=C\C/C=C\CCC(=O)NCCCC(=O)CCCC[C@@H]1SC[C@@H]2NC(=O)N[C@@H]21. The van der Waals surface area contributed by atoms with Crippen LogP contribution >= 0.6 is 11.8 Å². The first-order chi connectivity index (χ1) is 20.6. The van der Waals surface area contributed by atoms with Crippen LogP contribution in [0.2, 0.25) is 0 Å². The minimum Gasteiger partial charge on any atom is -0.356 e. The van der Waals surface area contributed by atoms with Gasteiger partial charge in [-0.25, -0.2) is 4.79 Å². The highest BCUT2D eigenvalue weighted by molar-refractivity contribution is 8.00. The van der Waals surface area contributed by atoms with E-state index >= 15 is 0 Å². The molecule has 42 heavy (non-hydrogen) atoms. The average molecular weight is 596 g/mol. The summed E-state index contributed by atoms with van der Waals surface area (Å²) in [6.07, 6.45) is 38.0. The largest absolute Gasteiger partial charge is 0.356 e. The Morgan fingerprint density at radius 3 is 1.95 bits per heavy atom. The van der Waals surface area contributed by atoms with Gasteiger partial charge in [0, 0.05) is 36.8 Å². The second-order valence-electron chi connectivity index (χ2n) is 10.8. The van der Waals surface area contributed by atoms with E-state index in [1.165, 1.54) is 0 Å². The van der Waals surface area contributed by atoms with Crippen LogP contribution in [-0.4, -0.2) is 47.4 Å². The van der Waals surface area contributed by atoms with Crippen molar-refractivity contribution in [3.8, 4) is 0 Å². The Morgan fingerprint density at radius 2 is 1.33 bits per heavy atom. The zero-order valence-electron chi connectivity index (χ0n) is 25.6. The summed E-state index contributed by atoms with van der Waals surface area (Å²) >= 11 is 1.92. The molecule has 0 spiro atoms. The van der Waals surface area contributed by atoms with Crippen LogP contribution in [0.25, 0.3) is 0 Å². The smallest absolute Gasteiger partial charge is 0.315 e. The Balaban J connectivity index is 1.35. The molecule has 0 radical (unpaired) electrons. The van der Waals surface area contributed by atoms with Crippen LogP contribution in [-0.2, 0) is 9.59 Å². The quantitative estimate of drug-likeness (QED) is 0.0643. The van der Waals surface area contributed by atoms with Crippen molar-refractivity contribution in [3.63, 3.8) is 0 Å². The van der Waals surface area contributed by atoms with E-state index in [-0.39, 0.29) is 29.8 Å². The second-order valence-corrected chi connectivity index (χ2v) is 12.1. The highest BCUT2D eigenvalue weighted by atomic mass is 32.2. The van der Waals surface area contributed by atoms with Crippen molar-refractivity contribution in [2.45, 2.75) is 114 Å². The molecule has 0 saturated carbocycles. The number of urea groups is 1. The van der Waals surface area contributed by atoms with Gasteiger partial charge in [0.2, 0.25) is 5.91 Å². The number of unbranched alkanes of at least 4 members (excludes halogenated alkanes) is 1. The molecule has 0 unspecified atom stereocenters. The summed E-state index contributed by atoms with van der Waals surface area (Å²) in [6, 6.07) is 0.447. The number of Topliss-reactive ketones (excluding diaryl/α,β-unsaturated/α-hetero) is 1. The molecule has 2 heterocycles. The summed E-state index contributed by atoms with van der Waals surface area (Å²) in [7, 11) is 0. The van der Waals surface area contributed by atoms with E-state index in [0.717, 1.165) is 70.0 Å². The third-order valence-electron chi connectivity index (χ3n) is 7.22. The fourth-order valence-electron chi connectivity index (χ4n) is 4.89. The summed E-state index contributed by atoms with van der Waals surface area (Å²) in [5.74, 6) is 1.29. The van der Waals surface area contributed by atoms with E-state index in [4.69, 9.17) is 0 Å². The lowest BCUT2D eigenvalue weighted by molar-refractivity contribution is -0.122.